The number of nitrogens with zero attached hydrogens (tertiary/aromatic N) is 6. The molecule has 0 aliphatic rings. The molecular formula is C16H15N7O. The van der Waals surface area contributed by atoms with Gasteiger partial charge in [-0.15, -0.1) is 0 Å². The SMILES string of the molecule is CCc1c(C)nc2c(-n3cnc(-c4ncccn4)c3)c[nH]n2c1=O. The molecule has 0 saturated carbocycles. The van der Waals surface area contributed by atoms with E-state index in [1.807, 2.05) is 20.0 Å². The quantitative estimate of drug-likeness (QED) is 0.617. The molecule has 1 N–H and O–H groups in total. The van der Waals surface area contributed by atoms with Gasteiger partial charge >= 0.3 is 0 Å². The van der Waals surface area contributed by atoms with Crippen LogP contribution in [0.4, 0.5) is 0 Å². The van der Waals surface area contributed by atoms with Gasteiger partial charge in [0.05, 0.1) is 0 Å². The van der Waals surface area contributed by atoms with Gasteiger partial charge in [-0.1, -0.05) is 6.92 Å². The van der Waals surface area contributed by atoms with Crippen molar-refractivity contribution in [2.45, 2.75) is 20.3 Å². The number of imidazole rings is 1. The molecule has 120 valence electrons. The number of hydrogen-bond donors (Lipinski definition) is 1. The van der Waals surface area contributed by atoms with Crippen LogP contribution in [0.25, 0.3) is 22.9 Å². The van der Waals surface area contributed by atoms with Gasteiger partial charge in [-0.3, -0.25) is 9.89 Å². The third-order valence-corrected chi connectivity index (χ3v) is 3.95. The molecule has 24 heavy (non-hydrogen) atoms. The number of hydrogen-bond acceptors (Lipinski definition) is 5. The molecule has 0 atom stereocenters. The lowest BCUT2D eigenvalue weighted by molar-refractivity contribution is 0.853. The van der Waals surface area contributed by atoms with Gasteiger partial charge in [-0.25, -0.2) is 19.9 Å². The highest BCUT2D eigenvalue weighted by Crippen LogP contribution is 2.18. The molecule has 4 aromatic rings. The molecule has 8 nitrogen and oxygen atoms in total. The van der Waals surface area contributed by atoms with E-state index in [0.29, 0.717) is 29.1 Å². The van der Waals surface area contributed by atoms with Crippen LogP contribution >= 0.6 is 0 Å². The van der Waals surface area contributed by atoms with Gasteiger partial charge < -0.3 is 4.57 Å². The molecule has 0 aliphatic heterocycles. The van der Waals surface area contributed by atoms with Gasteiger partial charge in [-0.2, -0.15) is 4.52 Å². The van der Waals surface area contributed by atoms with E-state index < -0.39 is 0 Å². The normalized spacial score (nSPS) is 11.2. The van der Waals surface area contributed by atoms with E-state index in [-0.39, 0.29) is 5.56 Å². The Balaban J connectivity index is 1.86. The smallest absolute Gasteiger partial charge is 0.276 e. The summed E-state index contributed by atoms with van der Waals surface area (Å²) in [5.41, 5.74) is 3.34. The van der Waals surface area contributed by atoms with E-state index in [4.69, 9.17) is 0 Å². The summed E-state index contributed by atoms with van der Waals surface area (Å²) in [6.45, 7) is 3.80. The molecule has 0 spiro atoms. The lowest BCUT2D eigenvalue weighted by Gasteiger charge is -2.04. The van der Waals surface area contributed by atoms with Crippen LogP contribution in [-0.4, -0.2) is 34.1 Å². The van der Waals surface area contributed by atoms with E-state index in [0.717, 1.165) is 11.4 Å². The van der Waals surface area contributed by atoms with Crippen molar-refractivity contribution < 1.29 is 0 Å². The van der Waals surface area contributed by atoms with Crippen LogP contribution in [0, 0.1) is 6.92 Å². The summed E-state index contributed by atoms with van der Waals surface area (Å²) in [7, 11) is 0. The first-order valence-electron chi connectivity index (χ1n) is 7.60. The summed E-state index contributed by atoms with van der Waals surface area (Å²) in [5, 5.41) is 2.97. The second-order valence-corrected chi connectivity index (χ2v) is 5.39. The molecule has 8 heteroatoms. The van der Waals surface area contributed by atoms with Crippen molar-refractivity contribution in [2.75, 3.05) is 0 Å². The molecule has 0 bridgehead atoms. The van der Waals surface area contributed by atoms with Crippen molar-refractivity contribution in [1.82, 2.24) is 34.1 Å². The molecule has 0 saturated heterocycles. The fourth-order valence-electron chi connectivity index (χ4n) is 2.74. The number of fused-ring (bicyclic) bond motifs is 1. The summed E-state index contributed by atoms with van der Waals surface area (Å²) in [6.07, 6.45) is 9.20. The highest BCUT2D eigenvalue weighted by atomic mass is 16.1. The molecule has 0 unspecified atom stereocenters. The van der Waals surface area contributed by atoms with Crippen molar-refractivity contribution in [3.8, 4) is 17.2 Å². The number of aryl methyl sites for hydroxylation is 1. The zero-order valence-corrected chi connectivity index (χ0v) is 13.3. The summed E-state index contributed by atoms with van der Waals surface area (Å²) >= 11 is 0. The summed E-state index contributed by atoms with van der Waals surface area (Å²) < 4.78 is 3.26. The van der Waals surface area contributed by atoms with Gasteiger partial charge in [0.15, 0.2) is 11.5 Å². The van der Waals surface area contributed by atoms with E-state index in [9.17, 15) is 4.79 Å². The van der Waals surface area contributed by atoms with E-state index >= 15 is 0 Å². The Morgan fingerprint density at radius 2 is 2.00 bits per heavy atom. The first-order valence-corrected chi connectivity index (χ1v) is 7.60. The van der Waals surface area contributed by atoms with Gasteiger partial charge in [0.1, 0.15) is 17.7 Å². The summed E-state index contributed by atoms with van der Waals surface area (Å²) in [4.78, 5) is 29.8. The first kappa shape index (κ1) is 14.3. The van der Waals surface area contributed by atoms with Crippen molar-refractivity contribution >= 4 is 5.65 Å². The molecule has 0 aliphatic carbocycles. The second-order valence-electron chi connectivity index (χ2n) is 5.39. The minimum Gasteiger partial charge on any atom is -0.301 e. The molecule has 4 aromatic heterocycles. The average molecular weight is 321 g/mol. The summed E-state index contributed by atoms with van der Waals surface area (Å²) in [6, 6.07) is 1.75. The molecule has 0 radical (unpaired) electrons. The largest absolute Gasteiger partial charge is 0.301 e. The number of aromatic amines is 1. The number of aromatic nitrogens is 7. The zero-order valence-electron chi connectivity index (χ0n) is 13.3. The lowest BCUT2D eigenvalue weighted by Crippen LogP contribution is -2.21. The van der Waals surface area contributed by atoms with Crippen molar-refractivity contribution in [1.29, 1.82) is 0 Å². The van der Waals surface area contributed by atoms with Crippen molar-refractivity contribution in [2.24, 2.45) is 0 Å². The van der Waals surface area contributed by atoms with E-state index in [2.05, 4.69) is 25.0 Å². The zero-order chi connectivity index (χ0) is 16.7. The molecule has 4 rings (SSSR count). The van der Waals surface area contributed by atoms with Crippen molar-refractivity contribution in [3.63, 3.8) is 0 Å². The molecule has 0 fully saturated rings. The first-order chi connectivity index (χ1) is 11.7. The molecular weight excluding hydrogens is 306 g/mol. The Bertz CT molecular complexity index is 1070. The highest BCUT2D eigenvalue weighted by molar-refractivity contribution is 5.60. The average Bonchev–Trinajstić information content (AvgIpc) is 3.22. The maximum Gasteiger partial charge on any atom is 0.276 e. The van der Waals surface area contributed by atoms with Crippen LogP contribution in [0.15, 0.2) is 42.0 Å². The minimum absolute atomic E-state index is 0.0713. The fourth-order valence-corrected chi connectivity index (χ4v) is 2.74. The molecule has 0 aromatic carbocycles. The van der Waals surface area contributed by atoms with Crippen LogP contribution in [0.1, 0.15) is 18.2 Å². The van der Waals surface area contributed by atoms with Gasteiger partial charge in [0.2, 0.25) is 0 Å². The van der Waals surface area contributed by atoms with Crippen LogP contribution in [0.3, 0.4) is 0 Å². The third kappa shape index (κ3) is 2.11. The third-order valence-electron chi connectivity index (χ3n) is 3.95. The monoisotopic (exact) mass is 321 g/mol. The van der Waals surface area contributed by atoms with Crippen LogP contribution in [0.2, 0.25) is 0 Å². The Labute approximate surface area is 136 Å². The lowest BCUT2D eigenvalue weighted by atomic mass is 10.2. The van der Waals surface area contributed by atoms with Gasteiger partial charge in [0.25, 0.3) is 5.56 Å². The highest BCUT2D eigenvalue weighted by Gasteiger charge is 2.14. The standard InChI is InChI=1S/C16H15N7O/c1-3-11-10(2)21-15-13(7-20-23(15)16(11)24)22-8-12(19-9-22)14-17-5-4-6-18-14/h4-9,20H,3H2,1-2H3. The second kappa shape index (κ2) is 5.41. The van der Waals surface area contributed by atoms with E-state index in [1.165, 1.54) is 4.52 Å². The van der Waals surface area contributed by atoms with Gasteiger partial charge in [-0.05, 0) is 19.4 Å². The number of rotatable bonds is 3. The molecule has 4 heterocycles. The minimum atomic E-state index is -0.0713. The van der Waals surface area contributed by atoms with Crippen LogP contribution < -0.4 is 5.56 Å². The summed E-state index contributed by atoms with van der Waals surface area (Å²) in [5.74, 6) is 0.547. The maximum absolute atomic E-state index is 12.5. The topological polar surface area (TPSA) is 93.8 Å². The Morgan fingerprint density at radius 3 is 2.75 bits per heavy atom. The Kier molecular flexibility index (Phi) is 3.23. The molecule has 0 amide bonds. The van der Waals surface area contributed by atoms with E-state index in [1.54, 1.807) is 35.6 Å². The predicted molar refractivity (Wildman–Crippen MR) is 88.1 cm³/mol. The van der Waals surface area contributed by atoms with Crippen LogP contribution in [-0.2, 0) is 6.42 Å². The predicted octanol–water partition coefficient (Wildman–Crippen LogP) is 1.54. The Hall–Kier alpha value is -3.29. The van der Waals surface area contributed by atoms with Crippen molar-refractivity contribution in [3.05, 3.63) is 58.8 Å². The number of H-pyrrole nitrogens is 1. The van der Waals surface area contributed by atoms with Crippen LogP contribution in [0.5, 0.6) is 0 Å². The fraction of sp³-hybridized carbons (Fsp3) is 0.188. The van der Waals surface area contributed by atoms with Gasteiger partial charge in [0, 0.05) is 36.0 Å². The Morgan fingerprint density at radius 1 is 1.21 bits per heavy atom. The number of nitrogens with one attached hydrogen (secondary N) is 1. The maximum atomic E-state index is 12.5.